The first kappa shape index (κ1) is 11.0. The lowest BCUT2D eigenvalue weighted by Gasteiger charge is -2.57. The Balaban J connectivity index is 1.65. The van der Waals surface area contributed by atoms with Gasteiger partial charge in [0, 0.05) is 31.7 Å². The summed E-state index contributed by atoms with van der Waals surface area (Å²) in [6.45, 7) is 6.11. The van der Waals surface area contributed by atoms with Gasteiger partial charge in [-0.1, -0.05) is 19.3 Å². The van der Waals surface area contributed by atoms with Crippen molar-refractivity contribution >= 4 is 0 Å². The fourth-order valence-electron chi connectivity index (χ4n) is 4.34. The molecule has 0 aromatic heterocycles. The number of rotatable bonds is 1. The Morgan fingerprint density at radius 1 is 1.12 bits per heavy atom. The molecule has 0 amide bonds. The molecule has 3 fully saturated rings. The van der Waals surface area contributed by atoms with Crippen molar-refractivity contribution in [2.24, 2.45) is 5.41 Å². The van der Waals surface area contributed by atoms with Crippen LogP contribution in [-0.2, 0) is 0 Å². The van der Waals surface area contributed by atoms with Crippen LogP contribution in [0.25, 0.3) is 0 Å². The molecule has 2 aliphatic carbocycles. The zero-order valence-corrected chi connectivity index (χ0v) is 10.7. The minimum absolute atomic E-state index is 0.704. The summed E-state index contributed by atoms with van der Waals surface area (Å²) in [6.07, 6.45) is 10.5. The predicted molar refractivity (Wildman–Crippen MR) is 67.6 cm³/mol. The molecule has 1 aliphatic heterocycles. The number of hydrogen-bond donors (Lipinski definition) is 1. The topological polar surface area (TPSA) is 15.3 Å². The van der Waals surface area contributed by atoms with E-state index in [1.54, 1.807) is 0 Å². The van der Waals surface area contributed by atoms with E-state index < -0.39 is 0 Å². The molecule has 3 aliphatic rings. The molecule has 1 unspecified atom stereocenters. The number of nitrogens with one attached hydrogen (secondary N) is 1. The third kappa shape index (κ3) is 1.80. The molecule has 1 saturated heterocycles. The van der Waals surface area contributed by atoms with E-state index in [2.05, 4.69) is 17.1 Å². The highest BCUT2D eigenvalue weighted by atomic mass is 15.2. The van der Waals surface area contributed by atoms with E-state index in [0.29, 0.717) is 6.04 Å². The van der Waals surface area contributed by atoms with Crippen molar-refractivity contribution in [3.63, 3.8) is 0 Å². The molecule has 1 N–H and O–H groups in total. The minimum Gasteiger partial charge on any atom is -0.312 e. The summed E-state index contributed by atoms with van der Waals surface area (Å²) >= 11 is 0. The third-order valence-corrected chi connectivity index (χ3v) is 5.31. The summed E-state index contributed by atoms with van der Waals surface area (Å²) < 4.78 is 0. The van der Waals surface area contributed by atoms with Crippen LogP contribution in [0.5, 0.6) is 0 Å². The summed E-state index contributed by atoms with van der Waals surface area (Å²) in [5.41, 5.74) is 0.759. The van der Waals surface area contributed by atoms with Crippen LogP contribution in [0, 0.1) is 5.41 Å². The first-order valence-electron chi connectivity index (χ1n) is 7.28. The van der Waals surface area contributed by atoms with E-state index >= 15 is 0 Å². The van der Waals surface area contributed by atoms with Crippen molar-refractivity contribution in [3.8, 4) is 0 Å². The summed E-state index contributed by atoms with van der Waals surface area (Å²) in [5, 5.41) is 3.56. The Kier molecular flexibility index (Phi) is 2.97. The Hall–Kier alpha value is -0.0800. The molecule has 92 valence electrons. The van der Waals surface area contributed by atoms with E-state index in [1.165, 1.54) is 64.6 Å². The maximum Gasteiger partial charge on any atom is 0.0167 e. The lowest BCUT2D eigenvalue weighted by molar-refractivity contribution is -0.0613. The van der Waals surface area contributed by atoms with Gasteiger partial charge in [-0.15, -0.1) is 0 Å². The standard InChI is InChI=1S/C14H26N2/c1-12-11-16(10-9-15-12)13-5-8-14(13)6-3-2-4-7-14/h12-13,15H,2-11H2,1H3/t12-,13?/m1/s1. The molecule has 1 spiro atoms. The second kappa shape index (κ2) is 4.30. The molecular weight excluding hydrogens is 196 g/mol. The van der Waals surface area contributed by atoms with Gasteiger partial charge in [-0.25, -0.2) is 0 Å². The number of hydrogen-bond acceptors (Lipinski definition) is 2. The smallest absolute Gasteiger partial charge is 0.0167 e. The minimum atomic E-state index is 0.704. The molecular formula is C14H26N2. The fraction of sp³-hybridized carbons (Fsp3) is 1.00. The lowest BCUT2D eigenvalue weighted by atomic mass is 9.56. The van der Waals surface area contributed by atoms with Crippen LogP contribution in [0.1, 0.15) is 51.9 Å². The average Bonchev–Trinajstić information content (AvgIpc) is 2.29. The Morgan fingerprint density at radius 3 is 2.56 bits per heavy atom. The quantitative estimate of drug-likeness (QED) is 0.733. The second-order valence-electron chi connectivity index (χ2n) is 6.33. The van der Waals surface area contributed by atoms with E-state index in [-0.39, 0.29) is 0 Å². The fourth-order valence-corrected chi connectivity index (χ4v) is 4.34. The van der Waals surface area contributed by atoms with Gasteiger partial charge in [0.2, 0.25) is 0 Å². The van der Waals surface area contributed by atoms with Crippen LogP contribution >= 0.6 is 0 Å². The van der Waals surface area contributed by atoms with Gasteiger partial charge >= 0.3 is 0 Å². The number of piperazine rings is 1. The van der Waals surface area contributed by atoms with Gasteiger partial charge in [0.1, 0.15) is 0 Å². The summed E-state index contributed by atoms with van der Waals surface area (Å²) in [4.78, 5) is 2.80. The monoisotopic (exact) mass is 222 g/mol. The second-order valence-corrected chi connectivity index (χ2v) is 6.33. The molecule has 3 rings (SSSR count). The average molecular weight is 222 g/mol. The molecule has 0 radical (unpaired) electrons. The van der Waals surface area contributed by atoms with Crippen molar-refractivity contribution in [1.29, 1.82) is 0 Å². The van der Waals surface area contributed by atoms with E-state index in [0.717, 1.165) is 11.5 Å². The normalized spacial score (nSPS) is 39.6. The Labute approximate surface area is 99.8 Å². The molecule has 2 heteroatoms. The van der Waals surface area contributed by atoms with Gasteiger partial charge in [-0.2, -0.15) is 0 Å². The van der Waals surface area contributed by atoms with Crippen molar-refractivity contribution < 1.29 is 0 Å². The Morgan fingerprint density at radius 2 is 1.94 bits per heavy atom. The van der Waals surface area contributed by atoms with E-state index in [4.69, 9.17) is 0 Å². The largest absolute Gasteiger partial charge is 0.312 e. The molecule has 16 heavy (non-hydrogen) atoms. The highest BCUT2D eigenvalue weighted by Gasteiger charge is 2.49. The zero-order chi connectivity index (χ0) is 11.0. The molecule has 0 aromatic carbocycles. The van der Waals surface area contributed by atoms with E-state index in [9.17, 15) is 0 Å². The van der Waals surface area contributed by atoms with Crippen LogP contribution in [0.2, 0.25) is 0 Å². The lowest BCUT2D eigenvalue weighted by Crippen LogP contribution is -2.61. The van der Waals surface area contributed by atoms with Gasteiger partial charge in [-0.05, 0) is 38.0 Å². The number of nitrogens with zero attached hydrogens (tertiary/aromatic N) is 1. The molecule has 0 aromatic rings. The van der Waals surface area contributed by atoms with Crippen LogP contribution in [0.3, 0.4) is 0 Å². The van der Waals surface area contributed by atoms with Crippen LogP contribution in [-0.4, -0.2) is 36.6 Å². The van der Waals surface area contributed by atoms with Gasteiger partial charge in [-0.3, -0.25) is 4.90 Å². The maximum atomic E-state index is 3.56. The highest BCUT2D eigenvalue weighted by Crippen LogP contribution is 2.53. The van der Waals surface area contributed by atoms with Crippen molar-refractivity contribution in [3.05, 3.63) is 0 Å². The zero-order valence-electron chi connectivity index (χ0n) is 10.7. The molecule has 1 heterocycles. The summed E-state index contributed by atoms with van der Waals surface area (Å²) in [6, 6.07) is 1.65. The highest BCUT2D eigenvalue weighted by molar-refractivity contribution is 5.03. The molecule has 2 nitrogen and oxygen atoms in total. The first-order valence-corrected chi connectivity index (χ1v) is 7.28. The van der Waals surface area contributed by atoms with Crippen LogP contribution < -0.4 is 5.32 Å². The maximum absolute atomic E-state index is 3.56. The molecule has 0 bridgehead atoms. The van der Waals surface area contributed by atoms with Gasteiger partial charge in [0.05, 0.1) is 0 Å². The van der Waals surface area contributed by atoms with Gasteiger partial charge < -0.3 is 5.32 Å². The van der Waals surface area contributed by atoms with Crippen molar-refractivity contribution in [1.82, 2.24) is 10.2 Å². The van der Waals surface area contributed by atoms with Gasteiger partial charge in [0.15, 0.2) is 0 Å². The summed E-state index contributed by atoms with van der Waals surface area (Å²) in [5.74, 6) is 0. The molecule has 2 atom stereocenters. The predicted octanol–water partition coefficient (Wildman–Crippen LogP) is 2.39. The SMILES string of the molecule is C[C@@H]1CN(C2CCC23CCCCC3)CCN1. The van der Waals surface area contributed by atoms with Crippen LogP contribution in [0.4, 0.5) is 0 Å². The van der Waals surface area contributed by atoms with Crippen LogP contribution in [0.15, 0.2) is 0 Å². The molecule has 2 saturated carbocycles. The Bertz CT molecular complexity index is 245. The van der Waals surface area contributed by atoms with Crippen molar-refractivity contribution in [2.75, 3.05) is 19.6 Å². The van der Waals surface area contributed by atoms with Crippen molar-refractivity contribution in [2.45, 2.75) is 64.0 Å². The van der Waals surface area contributed by atoms with Gasteiger partial charge in [0.25, 0.3) is 0 Å². The van der Waals surface area contributed by atoms with E-state index in [1.807, 2.05) is 0 Å². The first-order chi connectivity index (χ1) is 7.80. The third-order valence-electron chi connectivity index (χ3n) is 5.31. The summed E-state index contributed by atoms with van der Waals surface area (Å²) in [7, 11) is 0.